The quantitative estimate of drug-likeness (QED) is 0.855. The molecule has 1 aliphatic heterocycles. The van der Waals surface area contributed by atoms with Crippen molar-refractivity contribution in [2.24, 2.45) is 0 Å². The Morgan fingerprint density at radius 1 is 1.33 bits per heavy atom. The van der Waals surface area contributed by atoms with Crippen LogP contribution in [0.5, 0.6) is 0 Å². The summed E-state index contributed by atoms with van der Waals surface area (Å²) < 4.78 is 18.6. The van der Waals surface area contributed by atoms with E-state index in [1.807, 2.05) is 0 Å². The van der Waals surface area contributed by atoms with Gasteiger partial charge >= 0.3 is 6.09 Å². The number of amides is 1. The van der Waals surface area contributed by atoms with Gasteiger partial charge in [-0.15, -0.1) is 0 Å². The molecule has 115 valence electrons. The third-order valence-corrected chi connectivity index (χ3v) is 3.92. The molecule has 1 fully saturated rings. The molecule has 0 N–H and O–H groups in total. The van der Waals surface area contributed by atoms with Crippen molar-refractivity contribution in [3.05, 3.63) is 42.6 Å². The summed E-state index contributed by atoms with van der Waals surface area (Å²) in [5, 5.41) is 0. The molecule has 2 rings (SSSR count). The normalized spacial score (nSPS) is 17.6. The molecule has 1 saturated heterocycles. The van der Waals surface area contributed by atoms with Crippen LogP contribution >= 0.6 is 0 Å². The predicted molar refractivity (Wildman–Crippen MR) is 79.2 cm³/mol. The van der Waals surface area contributed by atoms with Crippen molar-refractivity contribution >= 4 is 6.09 Å². The van der Waals surface area contributed by atoms with Gasteiger partial charge in [-0.05, 0) is 19.4 Å². The molecule has 0 bridgehead atoms. The topological polar surface area (TPSA) is 32.8 Å². The minimum Gasteiger partial charge on any atom is -0.444 e. The highest BCUT2D eigenvalue weighted by Crippen LogP contribution is 2.12. The van der Waals surface area contributed by atoms with Gasteiger partial charge in [0.2, 0.25) is 0 Å². The van der Waals surface area contributed by atoms with Gasteiger partial charge in [-0.25, -0.2) is 9.18 Å². The lowest BCUT2D eigenvalue weighted by molar-refractivity contribution is 0.0618. The van der Waals surface area contributed by atoms with E-state index in [0.717, 1.165) is 19.5 Å². The highest BCUT2D eigenvalue weighted by Gasteiger charge is 2.24. The van der Waals surface area contributed by atoms with Gasteiger partial charge in [0.05, 0.1) is 0 Å². The summed E-state index contributed by atoms with van der Waals surface area (Å²) in [7, 11) is 0. The molecule has 1 atom stereocenters. The van der Waals surface area contributed by atoms with Crippen molar-refractivity contribution in [3.63, 3.8) is 0 Å². The van der Waals surface area contributed by atoms with Crippen LogP contribution in [0.1, 0.15) is 18.9 Å². The van der Waals surface area contributed by atoms with Crippen molar-refractivity contribution in [2.45, 2.75) is 26.0 Å². The number of nitrogens with zero attached hydrogens (tertiary/aromatic N) is 2. The number of carbonyl (C=O) groups is 1. The van der Waals surface area contributed by atoms with Crippen molar-refractivity contribution in [3.8, 4) is 0 Å². The number of carbonyl (C=O) groups excluding carboxylic acids is 1. The van der Waals surface area contributed by atoms with Crippen LogP contribution in [-0.2, 0) is 11.3 Å². The number of hydrogen-bond donors (Lipinski definition) is 0. The van der Waals surface area contributed by atoms with E-state index in [9.17, 15) is 9.18 Å². The van der Waals surface area contributed by atoms with Gasteiger partial charge in [0, 0.05) is 37.8 Å². The first-order valence-corrected chi connectivity index (χ1v) is 7.30. The zero-order valence-corrected chi connectivity index (χ0v) is 12.4. The Balaban J connectivity index is 1.79. The smallest absolute Gasteiger partial charge is 0.410 e. The number of halogens is 1. The average Bonchev–Trinajstić information content (AvgIpc) is 2.53. The minimum absolute atomic E-state index is 0.0268. The largest absolute Gasteiger partial charge is 0.444 e. The van der Waals surface area contributed by atoms with Gasteiger partial charge in [-0.1, -0.05) is 25.1 Å². The third kappa shape index (κ3) is 4.17. The van der Waals surface area contributed by atoms with E-state index in [1.54, 1.807) is 23.1 Å². The highest BCUT2D eigenvalue weighted by atomic mass is 19.1. The SMILES string of the molecule is [CH2]CC(C)N1CCN(C(=O)OCc2ccccc2F)CC1. The monoisotopic (exact) mass is 293 g/mol. The van der Waals surface area contributed by atoms with Crippen LogP contribution in [0.15, 0.2) is 24.3 Å². The Bertz CT molecular complexity index is 473. The van der Waals surface area contributed by atoms with E-state index in [2.05, 4.69) is 18.7 Å². The van der Waals surface area contributed by atoms with Crippen LogP contribution in [0.3, 0.4) is 0 Å². The summed E-state index contributed by atoms with van der Waals surface area (Å²) in [4.78, 5) is 16.0. The highest BCUT2D eigenvalue weighted by molar-refractivity contribution is 5.67. The van der Waals surface area contributed by atoms with E-state index in [0.29, 0.717) is 24.7 Å². The lowest BCUT2D eigenvalue weighted by atomic mass is 10.2. The molecule has 1 aromatic carbocycles. The molecule has 1 unspecified atom stereocenters. The molecule has 4 nitrogen and oxygen atoms in total. The molecule has 0 saturated carbocycles. The Morgan fingerprint density at radius 2 is 2.00 bits per heavy atom. The Morgan fingerprint density at radius 3 is 2.62 bits per heavy atom. The number of rotatable bonds is 4. The first-order chi connectivity index (χ1) is 10.1. The number of benzene rings is 1. The van der Waals surface area contributed by atoms with Crippen LogP contribution in [0, 0.1) is 12.7 Å². The maximum absolute atomic E-state index is 13.4. The summed E-state index contributed by atoms with van der Waals surface area (Å²) in [6.45, 7) is 8.94. The van der Waals surface area contributed by atoms with Crippen LogP contribution in [0.25, 0.3) is 0 Å². The summed E-state index contributed by atoms with van der Waals surface area (Å²) in [5.74, 6) is -0.348. The molecule has 0 aromatic heterocycles. The van der Waals surface area contributed by atoms with E-state index < -0.39 is 0 Å². The maximum atomic E-state index is 13.4. The van der Waals surface area contributed by atoms with Gasteiger partial charge in [-0.3, -0.25) is 4.90 Å². The van der Waals surface area contributed by atoms with Crippen molar-refractivity contribution in [1.29, 1.82) is 0 Å². The average molecular weight is 293 g/mol. The zero-order valence-electron chi connectivity index (χ0n) is 12.4. The van der Waals surface area contributed by atoms with Crippen molar-refractivity contribution in [1.82, 2.24) is 9.80 Å². The van der Waals surface area contributed by atoms with Crippen LogP contribution < -0.4 is 0 Å². The maximum Gasteiger partial charge on any atom is 0.410 e. The lowest BCUT2D eigenvalue weighted by Gasteiger charge is -2.37. The fourth-order valence-corrected chi connectivity index (χ4v) is 2.37. The van der Waals surface area contributed by atoms with E-state index in [4.69, 9.17) is 4.74 Å². The standard InChI is InChI=1S/C16H22FN2O2/c1-3-13(2)18-8-10-19(11-9-18)16(20)21-12-14-6-4-5-7-15(14)17/h4-7,13H,1,3,8-12H2,2H3. The molecular weight excluding hydrogens is 271 g/mol. The van der Waals surface area contributed by atoms with Crippen molar-refractivity contribution < 1.29 is 13.9 Å². The van der Waals surface area contributed by atoms with Gasteiger partial charge < -0.3 is 9.64 Å². The van der Waals surface area contributed by atoms with Gasteiger partial charge in [0.25, 0.3) is 0 Å². The number of piperazine rings is 1. The fourth-order valence-electron chi connectivity index (χ4n) is 2.37. The molecule has 1 aliphatic rings. The van der Waals surface area contributed by atoms with Crippen LogP contribution in [0.4, 0.5) is 9.18 Å². The molecule has 0 spiro atoms. The first-order valence-electron chi connectivity index (χ1n) is 7.30. The molecule has 1 heterocycles. The second-order valence-electron chi connectivity index (χ2n) is 5.31. The predicted octanol–water partition coefficient (Wildman–Crippen LogP) is 2.69. The third-order valence-electron chi connectivity index (χ3n) is 3.92. The second-order valence-corrected chi connectivity index (χ2v) is 5.31. The second kappa shape index (κ2) is 7.41. The van der Waals surface area contributed by atoms with Gasteiger partial charge in [0.15, 0.2) is 0 Å². The Labute approximate surface area is 125 Å². The van der Waals surface area contributed by atoms with Gasteiger partial charge in [-0.2, -0.15) is 0 Å². The van der Waals surface area contributed by atoms with Gasteiger partial charge in [0.1, 0.15) is 12.4 Å². The molecule has 5 heteroatoms. The molecule has 0 aliphatic carbocycles. The molecular formula is C16H22FN2O2. The lowest BCUT2D eigenvalue weighted by Crippen LogP contribution is -2.51. The number of ether oxygens (including phenoxy) is 1. The summed E-state index contributed by atoms with van der Waals surface area (Å²) >= 11 is 0. The van der Waals surface area contributed by atoms with E-state index in [1.165, 1.54) is 6.07 Å². The van der Waals surface area contributed by atoms with Crippen LogP contribution in [0.2, 0.25) is 0 Å². The molecule has 1 radical (unpaired) electrons. The number of hydrogen-bond acceptors (Lipinski definition) is 3. The fraction of sp³-hybridized carbons (Fsp3) is 0.500. The Hall–Kier alpha value is -1.62. The minimum atomic E-state index is -0.375. The first kappa shape index (κ1) is 15.8. The summed E-state index contributed by atoms with van der Waals surface area (Å²) in [5.41, 5.74) is 0.398. The van der Waals surface area contributed by atoms with E-state index >= 15 is 0 Å². The Kier molecular flexibility index (Phi) is 5.56. The molecule has 1 amide bonds. The zero-order chi connectivity index (χ0) is 15.2. The molecule has 1 aromatic rings. The van der Waals surface area contributed by atoms with Crippen LogP contribution in [-0.4, -0.2) is 48.1 Å². The summed E-state index contributed by atoms with van der Waals surface area (Å²) in [6.07, 6.45) is 0.484. The summed E-state index contributed by atoms with van der Waals surface area (Å²) in [6, 6.07) is 6.76. The van der Waals surface area contributed by atoms with Crippen molar-refractivity contribution in [2.75, 3.05) is 26.2 Å². The molecule has 21 heavy (non-hydrogen) atoms. The van der Waals surface area contributed by atoms with E-state index in [-0.39, 0.29) is 18.5 Å².